The maximum absolute atomic E-state index is 12.7. The van der Waals surface area contributed by atoms with Gasteiger partial charge in [-0.05, 0) is 36.0 Å². The molecule has 1 fully saturated rings. The van der Waals surface area contributed by atoms with Gasteiger partial charge in [-0.3, -0.25) is 4.79 Å². The molecule has 156 valence electrons. The molecule has 0 bridgehead atoms. The van der Waals surface area contributed by atoms with E-state index in [1.165, 1.54) is 12.1 Å². The van der Waals surface area contributed by atoms with Crippen molar-refractivity contribution >= 4 is 17.6 Å². The van der Waals surface area contributed by atoms with Gasteiger partial charge < -0.3 is 9.47 Å². The first-order chi connectivity index (χ1) is 13.6. The predicted molar refractivity (Wildman–Crippen MR) is 106 cm³/mol. The van der Waals surface area contributed by atoms with Crippen molar-refractivity contribution in [2.75, 3.05) is 6.61 Å². The van der Waals surface area contributed by atoms with Crippen LogP contribution in [-0.4, -0.2) is 18.8 Å². The van der Waals surface area contributed by atoms with Crippen LogP contribution in [0.5, 0.6) is 11.5 Å². The van der Waals surface area contributed by atoms with Crippen molar-refractivity contribution in [3.8, 4) is 22.6 Å². The van der Waals surface area contributed by atoms with E-state index >= 15 is 0 Å². The van der Waals surface area contributed by atoms with E-state index in [2.05, 4.69) is 0 Å². The number of carbonyl (C=O) groups excluding carboxylic acids is 1. The first-order valence-electron chi connectivity index (χ1n) is 9.49. The van der Waals surface area contributed by atoms with Gasteiger partial charge in [0, 0.05) is 11.6 Å². The number of carbonyl (C=O) groups is 1. The second-order valence-electron chi connectivity index (χ2n) is 7.51. The van der Waals surface area contributed by atoms with Gasteiger partial charge >= 0.3 is 12.1 Å². The Morgan fingerprint density at radius 2 is 1.83 bits per heavy atom. The lowest BCUT2D eigenvalue weighted by Gasteiger charge is -2.23. The van der Waals surface area contributed by atoms with Crippen molar-refractivity contribution < 1.29 is 27.4 Å². The molecule has 0 radical (unpaired) electrons. The van der Waals surface area contributed by atoms with Gasteiger partial charge in [0.25, 0.3) is 0 Å². The highest BCUT2D eigenvalue weighted by atomic mass is 35.5. The molecule has 0 N–H and O–H groups in total. The number of hydrogen-bond donors (Lipinski definition) is 0. The molecule has 0 amide bonds. The van der Waals surface area contributed by atoms with Gasteiger partial charge in [0.2, 0.25) is 0 Å². The first kappa shape index (κ1) is 21.5. The summed E-state index contributed by atoms with van der Waals surface area (Å²) >= 11 is 6.22. The topological polar surface area (TPSA) is 35.5 Å². The molecule has 0 aliphatic heterocycles. The molecule has 0 spiro atoms. The molecular formula is C22H22ClF3O3. The maximum atomic E-state index is 12.7. The molecule has 0 aromatic heterocycles. The average Bonchev–Trinajstić information content (AvgIpc) is 2.58. The molecule has 3 nitrogen and oxygen atoms in total. The summed E-state index contributed by atoms with van der Waals surface area (Å²) in [6.45, 7) is 2.62. The zero-order valence-electron chi connectivity index (χ0n) is 16.2. The molecule has 0 atom stereocenters. The summed E-state index contributed by atoms with van der Waals surface area (Å²) in [5.74, 6) is -0.0802. The minimum absolute atomic E-state index is 0.0453. The fourth-order valence-corrected chi connectivity index (χ4v) is 3.30. The minimum atomic E-state index is -4.50. The van der Waals surface area contributed by atoms with Crippen LogP contribution >= 0.6 is 11.6 Å². The molecule has 1 aliphatic rings. The summed E-state index contributed by atoms with van der Waals surface area (Å²) in [5.41, 5.74) is 2.05. The molecule has 3 rings (SSSR count). The second kappa shape index (κ2) is 8.66. The number of alkyl halides is 3. The number of rotatable bonds is 6. The third kappa shape index (κ3) is 5.44. The van der Waals surface area contributed by atoms with Crippen molar-refractivity contribution in [2.24, 2.45) is 5.92 Å². The Bertz CT molecular complexity index is 872. The van der Waals surface area contributed by atoms with Crippen LogP contribution in [0.4, 0.5) is 13.2 Å². The van der Waals surface area contributed by atoms with E-state index in [0.29, 0.717) is 17.0 Å². The largest absolute Gasteiger partial charge is 0.482 e. The summed E-state index contributed by atoms with van der Waals surface area (Å²) in [7, 11) is 0. The molecule has 29 heavy (non-hydrogen) atoms. The Morgan fingerprint density at radius 1 is 1.17 bits per heavy atom. The van der Waals surface area contributed by atoms with Crippen LogP contribution < -0.4 is 9.47 Å². The van der Waals surface area contributed by atoms with Crippen molar-refractivity contribution in [2.45, 2.75) is 45.2 Å². The van der Waals surface area contributed by atoms with Gasteiger partial charge in [-0.15, -0.1) is 0 Å². The number of halogens is 4. The molecule has 7 heteroatoms. The van der Waals surface area contributed by atoms with Crippen molar-refractivity contribution in [1.29, 1.82) is 0 Å². The van der Waals surface area contributed by atoms with Crippen LogP contribution in [0.25, 0.3) is 11.1 Å². The van der Waals surface area contributed by atoms with E-state index in [1.807, 2.05) is 26.0 Å². The average molecular weight is 427 g/mol. The lowest BCUT2D eigenvalue weighted by molar-refractivity contribution is -0.153. The fourth-order valence-electron chi connectivity index (χ4n) is 3.03. The Labute approximate surface area is 172 Å². The zero-order valence-corrected chi connectivity index (χ0v) is 16.9. The highest BCUT2D eigenvalue weighted by molar-refractivity contribution is 6.32. The third-order valence-corrected chi connectivity index (χ3v) is 5.22. The van der Waals surface area contributed by atoms with E-state index in [9.17, 15) is 18.0 Å². The van der Waals surface area contributed by atoms with Crippen LogP contribution in [0.2, 0.25) is 5.02 Å². The smallest absolute Gasteiger partial charge is 0.422 e. The van der Waals surface area contributed by atoms with E-state index in [1.54, 1.807) is 12.1 Å². The molecular weight excluding hydrogens is 405 g/mol. The quantitative estimate of drug-likeness (QED) is 0.377. The Balaban J connectivity index is 1.96. The molecule has 0 unspecified atom stereocenters. The Morgan fingerprint density at radius 3 is 2.34 bits per heavy atom. The Kier molecular flexibility index (Phi) is 6.42. The van der Waals surface area contributed by atoms with Gasteiger partial charge in [-0.2, -0.15) is 13.2 Å². The zero-order chi connectivity index (χ0) is 21.2. The minimum Gasteiger partial charge on any atom is -0.482 e. The van der Waals surface area contributed by atoms with Gasteiger partial charge in [-0.1, -0.05) is 56.1 Å². The summed E-state index contributed by atoms with van der Waals surface area (Å²) in [6, 6.07) is 10.2. The molecule has 0 saturated heterocycles. The second-order valence-corrected chi connectivity index (χ2v) is 7.92. The van der Waals surface area contributed by atoms with Gasteiger partial charge in [0.1, 0.15) is 11.5 Å². The van der Waals surface area contributed by atoms with Crippen molar-refractivity contribution in [3.05, 3.63) is 47.0 Å². The maximum Gasteiger partial charge on any atom is 0.422 e. The van der Waals surface area contributed by atoms with Crippen LogP contribution in [0.15, 0.2) is 36.4 Å². The van der Waals surface area contributed by atoms with Crippen LogP contribution in [0.3, 0.4) is 0 Å². The van der Waals surface area contributed by atoms with E-state index < -0.39 is 12.8 Å². The highest BCUT2D eigenvalue weighted by Crippen LogP contribution is 2.41. The van der Waals surface area contributed by atoms with E-state index in [0.717, 1.165) is 24.8 Å². The molecule has 2 aromatic carbocycles. The van der Waals surface area contributed by atoms with Gasteiger partial charge in [0.15, 0.2) is 6.61 Å². The van der Waals surface area contributed by atoms with Crippen LogP contribution in [-0.2, 0) is 4.79 Å². The summed E-state index contributed by atoms with van der Waals surface area (Å²) in [4.78, 5) is 12.2. The van der Waals surface area contributed by atoms with Gasteiger partial charge in [0.05, 0.1) is 10.9 Å². The fraction of sp³-hybridized carbons (Fsp3) is 0.409. The first-order valence-corrected chi connectivity index (χ1v) is 9.87. The lowest BCUT2D eigenvalue weighted by atomic mass is 9.86. The van der Waals surface area contributed by atoms with Crippen LogP contribution in [0, 0.1) is 5.92 Å². The predicted octanol–water partition coefficient (Wildman–Crippen LogP) is 6.78. The SMILES string of the molecule is CC(C)c1ccc(-c2cc(OC(=O)C3CCC3)cc(Cl)c2OCC(F)(F)F)cc1. The highest BCUT2D eigenvalue weighted by Gasteiger charge is 2.30. The van der Waals surface area contributed by atoms with E-state index in [4.69, 9.17) is 21.1 Å². The molecule has 1 aliphatic carbocycles. The summed E-state index contributed by atoms with van der Waals surface area (Å²) in [6.07, 6.45) is -1.96. The number of hydrogen-bond acceptors (Lipinski definition) is 3. The molecule has 2 aromatic rings. The normalized spacial score (nSPS) is 14.6. The molecule has 0 heterocycles. The number of benzene rings is 2. The number of esters is 1. The van der Waals surface area contributed by atoms with Crippen LogP contribution in [0.1, 0.15) is 44.6 Å². The summed E-state index contributed by atoms with van der Waals surface area (Å²) < 4.78 is 48.5. The Hall–Kier alpha value is -2.21. The van der Waals surface area contributed by atoms with Crippen molar-refractivity contribution in [1.82, 2.24) is 0 Å². The van der Waals surface area contributed by atoms with E-state index in [-0.39, 0.29) is 28.4 Å². The molecule has 1 saturated carbocycles. The number of ether oxygens (including phenoxy) is 2. The summed E-state index contributed by atoms with van der Waals surface area (Å²) in [5, 5.41) is -0.0453. The van der Waals surface area contributed by atoms with Gasteiger partial charge in [-0.25, -0.2) is 0 Å². The third-order valence-electron chi connectivity index (χ3n) is 4.94. The lowest BCUT2D eigenvalue weighted by Crippen LogP contribution is -2.26. The standard InChI is InChI=1S/C22H22ClF3O3/c1-13(2)14-6-8-15(9-7-14)18-10-17(29-21(27)16-4-3-5-16)11-19(23)20(18)28-12-22(24,25)26/h6-11,13,16H,3-5,12H2,1-2H3. The van der Waals surface area contributed by atoms with Crippen molar-refractivity contribution in [3.63, 3.8) is 0 Å². The monoisotopic (exact) mass is 426 g/mol.